The monoisotopic (exact) mass is 314 g/mol. The number of amides is 2. The van der Waals surface area contributed by atoms with Gasteiger partial charge in [0.15, 0.2) is 0 Å². The van der Waals surface area contributed by atoms with Gasteiger partial charge in [-0.15, -0.1) is 0 Å². The maximum Gasteiger partial charge on any atom is 0.243 e. The summed E-state index contributed by atoms with van der Waals surface area (Å²) in [6, 6.07) is 7.77. The molecule has 4 heteroatoms. The highest BCUT2D eigenvalue weighted by atomic mass is 16.2. The largest absolute Gasteiger partial charge is 0.347 e. The standard InChI is InChI=1S/C19H26N2O2/c1-2-14-5-3-4-6-17(14)21-19(23)12-20-18(22)11-16-10-13-7-8-15(16)9-13/h3-6,13,15-16H,2,7-12H2,1H3,(H,20,22)(H,21,23)/t13-,15+,16-/m0/s1. The number of benzene rings is 1. The van der Waals surface area contributed by atoms with E-state index in [1.165, 1.54) is 25.7 Å². The number of hydrogen-bond donors (Lipinski definition) is 2. The minimum Gasteiger partial charge on any atom is -0.347 e. The summed E-state index contributed by atoms with van der Waals surface area (Å²) in [5.74, 6) is 1.99. The number of carbonyl (C=O) groups is 2. The third-order valence-electron chi connectivity index (χ3n) is 5.45. The number of anilines is 1. The van der Waals surface area contributed by atoms with Gasteiger partial charge in [-0.3, -0.25) is 9.59 Å². The first-order valence-corrected chi connectivity index (χ1v) is 8.80. The second-order valence-corrected chi connectivity index (χ2v) is 6.97. The minimum atomic E-state index is -0.160. The first kappa shape index (κ1) is 16.0. The van der Waals surface area contributed by atoms with Crippen LogP contribution in [0.5, 0.6) is 0 Å². The maximum atomic E-state index is 12.1. The molecule has 2 saturated carbocycles. The van der Waals surface area contributed by atoms with E-state index in [0.29, 0.717) is 12.3 Å². The summed E-state index contributed by atoms with van der Waals surface area (Å²) < 4.78 is 0. The van der Waals surface area contributed by atoms with Gasteiger partial charge < -0.3 is 10.6 Å². The molecule has 3 rings (SSSR count). The summed E-state index contributed by atoms with van der Waals surface area (Å²) in [6.45, 7) is 2.11. The Morgan fingerprint density at radius 1 is 1.13 bits per heavy atom. The molecular formula is C19H26N2O2. The van der Waals surface area contributed by atoms with Crippen LogP contribution in [0.4, 0.5) is 5.69 Å². The predicted octanol–water partition coefficient (Wildman–Crippen LogP) is 3.13. The van der Waals surface area contributed by atoms with Crippen LogP contribution in [-0.4, -0.2) is 18.4 Å². The van der Waals surface area contributed by atoms with E-state index in [4.69, 9.17) is 0 Å². The van der Waals surface area contributed by atoms with Crippen LogP contribution in [0, 0.1) is 17.8 Å². The molecular weight excluding hydrogens is 288 g/mol. The summed E-state index contributed by atoms with van der Waals surface area (Å²) in [5.41, 5.74) is 1.94. The van der Waals surface area contributed by atoms with Gasteiger partial charge >= 0.3 is 0 Å². The second kappa shape index (κ2) is 7.16. The smallest absolute Gasteiger partial charge is 0.243 e. The molecule has 2 aliphatic rings. The van der Waals surface area contributed by atoms with Crippen LogP contribution in [0.1, 0.15) is 44.6 Å². The van der Waals surface area contributed by atoms with Crippen molar-refractivity contribution in [3.05, 3.63) is 29.8 Å². The molecule has 2 N–H and O–H groups in total. The number of para-hydroxylation sites is 1. The van der Waals surface area contributed by atoms with E-state index >= 15 is 0 Å². The summed E-state index contributed by atoms with van der Waals surface area (Å²) in [4.78, 5) is 24.1. The van der Waals surface area contributed by atoms with Crippen LogP contribution >= 0.6 is 0 Å². The average molecular weight is 314 g/mol. The number of aryl methyl sites for hydroxylation is 1. The van der Waals surface area contributed by atoms with Gasteiger partial charge in [0.25, 0.3) is 0 Å². The Morgan fingerprint density at radius 3 is 2.65 bits per heavy atom. The molecule has 0 aliphatic heterocycles. The molecule has 0 unspecified atom stereocenters. The van der Waals surface area contributed by atoms with Crippen molar-refractivity contribution < 1.29 is 9.59 Å². The summed E-state index contributed by atoms with van der Waals surface area (Å²) in [7, 11) is 0. The first-order chi connectivity index (χ1) is 11.2. The lowest BCUT2D eigenvalue weighted by Crippen LogP contribution is -2.34. The van der Waals surface area contributed by atoms with Gasteiger partial charge in [0.1, 0.15) is 0 Å². The lowest BCUT2D eigenvalue weighted by Gasteiger charge is -2.20. The van der Waals surface area contributed by atoms with Crippen LogP contribution in [0.2, 0.25) is 0 Å². The zero-order valence-corrected chi connectivity index (χ0v) is 13.8. The minimum absolute atomic E-state index is 0.0153. The van der Waals surface area contributed by atoms with Crippen LogP contribution < -0.4 is 10.6 Å². The van der Waals surface area contributed by atoms with Crippen molar-refractivity contribution in [3.8, 4) is 0 Å². The Hall–Kier alpha value is -1.84. The van der Waals surface area contributed by atoms with Crippen LogP contribution in [0.3, 0.4) is 0 Å². The number of fused-ring (bicyclic) bond motifs is 2. The zero-order valence-electron chi connectivity index (χ0n) is 13.8. The van der Waals surface area contributed by atoms with Gasteiger partial charge in [0, 0.05) is 12.1 Å². The van der Waals surface area contributed by atoms with Crippen LogP contribution in [0.25, 0.3) is 0 Å². The van der Waals surface area contributed by atoms with Gasteiger partial charge in [-0.25, -0.2) is 0 Å². The summed E-state index contributed by atoms with van der Waals surface area (Å²) >= 11 is 0. The predicted molar refractivity (Wildman–Crippen MR) is 91.0 cm³/mol. The number of nitrogens with one attached hydrogen (secondary N) is 2. The van der Waals surface area contributed by atoms with Crippen molar-refractivity contribution in [1.82, 2.24) is 5.32 Å². The van der Waals surface area contributed by atoms with E-state index in [-0.39, 0.29) is 18.4 Å². The molecule has 0 radical (unpaired) electrons. The highest BCUT2D eigenvalue weighted by molar-refractivity contribution is 5.95. The van der Waals surface area contributed by atoms with Gasteiger partial charge in [-0.1, -0.05) is 31.5 Å². The Bertz CT molecular complexity index is 584. The molecule has 2 aliphatic carbocycles. The van der Waals surface area contributed by atoms with E-state index in [9.17, 15) is 9.59 Å². The molecule has 2 bridgehead atoms. The zero-order chi connectivity index (χ0) is 16.2. The molecule has 1 aromatic rings. The number of carbonyl (C=O) groups excluding carboxylic acids is 2. The molecule has 3 atom stereocenters. The maximum absolute atomic E-state index is 12.1. The van der Waals surface area contributed by atoms with Crippen molar-refractivity contribution in [2.45, 2.75) is 45.4 Å². The van der Waals surface area contributed by atoms with Crippen LogP contribution in [0.15, 0.2) is 24.3 Å². The highest BCUT2D eigenvalue weighted by Crippen LogP contribution is 2.49. The second-order valence-electron chi connectivity index (χ2n) is 6.97. The highest BCUT2D eigenvalue weighted by Gasteiger charge is 2.40. The van der Waals surface area contributed by atoms with E-state index in [1.54, 1.807) is 0 Å². The SMILES string of the molecule is CCc1ccccc1NC(=O)CNC(=O)C[C@@H]1C[C@H]2CC[C@@H]1C2. The fourth-order valence-corrected chi connectivity index (χ4v) is 4.26. The Labute approximate surface area is 138 Å². The van der Waals surface area contributed by atoms with Gasteiger partial charge in [0.2, 0.25) is 11.8 Å². The van der Waals surface area contributed by atoms with Gasteiger partial charge in [0.05, 0.1) is 6.54 Å². The van der Waals surface area contributed by atoms with Gasteiger partial charge in [-0.05, 0) is 55.1 Å². The summed E-state index contributed by atoms with van der Waals surface area (Å²) in [6.07, 6.45) is 6.60. The Balaban J connectivity index is 1.42. The lowest BCUT2D eigenvalue weighted by molar-refractivity contribution is -0.125. The first-order valence-electron chi connectivity index (χ1n) is 8.80. The molecule has 23 heavy (non-hydrogen) atoms. The molecule has 0 spiro atoms. The molecule has 0 saturated heterocycles. The fourth-order valence-electron chi connectivity index (χ4n) is 4.26. The van der Waals surface area contributed by atoms with E-state index < -0.39 is 0 Å². The topological polar surface area (TPSA) is 58.2 Å². The van der Waals surface area contributed by atoms with Crippen molar-refractivity contribution in [2.75, 3.05) is 11.9 Å². The molecule has 124 valence electrons. The van der Waals surface area contributed by atoms with Crippen molar-refractivity contribution in [3.63, 3.8) is 0 Å². The molecule has 4 nitrogen and oxygen atoms in total. The van der Waals surface area contributed by atoms with Crippen molar-refractivity contribution >= 4 is 17.5 Å². The number of rotatable bonds is 6. The molecule has 0 heterocycles. The summed E-state index contributed by atoms with van der Waals surface area (Å²) in [5, 5.41) is 5.66. The molecule has 1 aromatic carbocycles. The van der Waals surface area contributed by atoms with E-state index in [2.05, 4.69) is 17.6 Å². The third kappa shape index (κ3) is 3.92. The fraction of sp³-hybridized carbons (Fsp3) is 0.579. The van der Waals surface area contributed by atoms with Crippen LogP contribution in [-0.2, 0) is 16.0 Å². The molecule has 0 aromatic heterocycles. The van der Waals surface area contributed by atoms with Crippen molar-refractivity contribution in [2.24, 2.45) is 17.8 Å². The third-order valence-corrected chi connectivity index (χ3v) is 5.45. The molecule has 2 amide bonds. The quantitative estimate of drug-likeness (QED) is 0.847. The average Bonchev–Trinajstić information content (AvgIpc) is 3.16. The van der Waals surface area contributed by atoms with Crippen molar-refractivity contribution in [1.29, 1.82) is 0 Å². The Kier molecular flexibility index (Phi) is 4.99. The Morgan fingerprint density at radius 2 is 1.96 bits per heavy atom. The van der Waals surface area contributed by atoms with E-state index in [1.807, 2.05) is 24.3 Å². The van der Waals surface area contributed by atoms with E-state index in [0.717, 1.165) is 29.5 Å². The molecule has 2 fully saturated rings. The normalized spacial score (nSPS) is 25.3. The van der Waals surface area contributed by atoms with Gasteiger partial charge in [-0.2, -0.15) is 0 Å². The lowest BCUT2D eigenvalue weighted by atomic mass is 9.86. The number of hydrogen-bond acceptors (Lipinski definition) is 2.